The summed E-state index contributed by atoms with van der Waals surface area (Å²) in [5.41, 5.74) is 13.8. The number of rotatable bonds is 2. The molecule has 2 aliphatic heterocycles. The third-order valence-corrected chi connectivity index (χ3v) is 8.62. The van der Waals surface area contributed by atoms with Crippen LogP contribution in [0.3, 0.4) is 0 Å². The lowest BCUT2D eigenvalue weighted by Crippen LogP contribution is -2.48. The zero-order valence-corrected chi connectivity index (χ0v) is 22.5. The van der Waals surface area contributed by atoms with Crippen molar-refractivity contribution < 1.29 is 13.5 Å². The molecule has 3 heteroatoms. The van der Waals surface area contributed by atoms with Gasteiger partial charge in [0.05, 0.1) is 18.1 Å². The number of hydrogen-bond acceptors (Lipinski definition) is 0. The molecule has 2 nitrogen and oxygen atoms in total. The molecule has 0 bridgehead atoms. The second kappa shape index (κ2) is 9.13. The molecule has 0 spiro atoms. The fourth-order valence-electron chi connectivity index (χ4n) is 6.33. The van der Waals surface area contributed by atoms with Crippen LogP contribution in [0.25, 0.3) is 39.3 Å². The molecule has 3 aromatic carbocycles. The Labute approximate surface area is 229 Å². The summed E-state index contributed by atoms with van der Waals surface area (Å²) in [5.74, 6) is 0.112. The average molecular weight is 511 g/mol. The zero-order chi connectivity index (χ0) is 26.7. The van der Waals surface area contributed by atoms with Crippen molar-refractivity contribution in [2.45, 2.75) is 39.2 Å². The second-order valence-corrected chi connectivity index (χ2v) is 11.0. The van der Waals surface area contributed by atoms with Crippen molar-refractivity contribution in [3.05, 3.63) is 138 Å². The van der Waals surface area contributed by atoms with Crippen molar-refractivity contribution in [1.82, 2.24) is 0 Å². The molecule has 0 saturated heterocycles. The summed E-state index contributed by atoms with van der Waals surface area (Å²) >= 11 is 0. The van der Waals surface area contributed by atoms with Crippen LogP contribution in [-0.4, -0.2) is 0 Å². The molecular formula is C36H31FN2+2. The fourth-order valence-corrected chi connectivity index (χ4v) is 6.33. The van der Waals surface area contributed by atoms with Crippen molar-refractivity contribution in [3.8, 4) is 33.6 Å². The standard InChI is InChI=1S/C36H31FN2/c1-23-18-35-33-11-7-6-9-31(33)25(3)34(39(35)22-24(23)2)21-30-19-28-8-4-5-10-32(28)36-20-27(16-17-38(30)36)26-12-14-29(37)15-13-26/h4-18,20-22,25,34H,19H2,1-3H3/q+2/b30-21+. The Kier molecular flexibility index (Phi) is 5.55. The highest BCUT2D eigenvalue weighted by Crippen LogP contribution is 2.40. The monoisotopic (exact) mass is 510 g/mol. The number of fused-ring (bicyclic) bond motifs is 6. The number of allylic oxidation sites excluding steroid dienone is 2. The molecule has 0 radical (unpaired) electrons. The first-order valence-corrected chi connectivity index (χ1v) is 13.7. The zero-order valence-electron chi connectivity index (χ0n) is 22.5. The summed E-state index contributed by atoms with van der Waals surface area (Å²) in [6.45, 7) is 6.76. The Morgan fingerprint density at radius 2 is 1.51 bits per heavy atom. The van der Waals surface area contributed by atoms with Crippen molar-refractivity contribution in [2.75, 3.05) is 0 Å². The van der Waals surface area contributed by atoms with Gasteiger partial charge in [-0.05, 0) is 65.9 Å². The first-order valence-electron chi connectivity index (χ1n) is 13.7. The maximum atomic E-state index is 13.6. The fraction of sp³-hybridized carbons (Fsp3) is 0.167. The van der Waals surface area contributed by atoms with Crippen LogP contribution in [0.2, 0.25) is 0 Å². The third-order valence-electron chi connectivity index (χ3n) is 8.62. The molecule has 0 amide bonds. The second-order valence-electron chi connectivity index (χ2n) is 11.0. The minimum atomic E-state index is -0.215. The minimum absolute atomic E-state index is 0.187. The van der Waals surface area contributed by atoms with Gasteiger partial charge in [0, 0.05) is 35.2 Å². The SMILES string of the molecule is Cc1cc2[n+](cc1C)C(/C=C1\Cc3ccccc3-c3cc(-c4ccc(F)cc4)cc[n+]31)C(C)c1ccccc1-2. The van der Waals surface area contributed by atoms with E-state index in [2.05, 4.69) is 115 Å². The first kappa shape index (κ1) is 23.7. The Balaban J connectivity index is 1.41. The number of aryl methyl sites for hydroxylation is 2. The van der Waals surface area contributed by atoms with Crippen molar-refractivity contribution in [3.63, 3.8) is 0 Å². The van der Waals surface area contributed by atoms with Crippen LogP contribution in [0.15, 0.2) is 109 Å². The van der Waals surface area contributed by atoms with Gasteiger partial charge in [-0.2, -0.15) is 9.13 Å². The first-order chi connectivity index (χ1) is 19.0. The Morgan fingerprint density at radius 3 is 2.33 bits per heavy atom. The van der Waals surface area contributed by atoms with E-state index in [1.54, 1.807) is 0 Å². The Hall–Kier alpha value is -4.37. The van der Waals surface area contributed by atoms with E-state index in [1.807, 2.05) is 12.1 Å². The number of hydrogen-bond donors (Lipinski definition) is 0. The maximum absolute atomic E-state index is 13.6. The molecule has 0 saturated carbocycles. The van der Waals surface area contributed by atoms with Crippen molar-refractivity contribution in [1.29, 1.82) is 0 Å². The normalized spacial score (nSPS) is 18.2. The van der Waals surface area contributed by atoms with Gasteiger partial charge in [0.2, 0.25) is 11.4 Å². The van der Waals surface area contributed by atoms with Gasteiger partial charge in [0.25, 0.3) is 0 Å². The van der Waals surface area contributed by atoms with Crippen LogP contribution >= 0.6 is 0 Å². The summed E-state index contributed by atoms with van der Waals surface area (Å²) in [6.07, 6.45) is 7.87. The number of halogens is 1. The van der Waals surface area contributed by atoms with E-state index in [0.717, 1.165) is 17.5 Å². The molecule has 0 fully saturated rings. The molecule has 190 valence electrons. The summed E-state index contributed by atoms with van der Waals surface area (Å²) in [5, 5.41) is 0. The van der Waals surface area contributed by atoms with E-state index in [4.69, 9.17) is 0 Å². The highest BCUT2D eigenvalue weighted by molar-refractivity contribution is 5.74. The lowest BCUT2D eigenvalue weighted by molar-refractivity contribution is -0.707. The number of pyridine rings is 2. The molecule has 0 aliphatic carbocycles. The average Bonchev–Trinajstić information content (AvgIpc) is 2.96. The van der Waals surface area contributed by atoms with Gasteiger partial charge in [0.1, 0.15) is 5.82 Å². The van der Waals surface area contributed by atoms with Gasteiger partial charge in [-0.1, -0.05) is 55.5 Å². The van der Waals surface area contributed by atoms with Crippen LogP contribution in [0.4, 0.5) is 4.39 Å². The molecule has 2 unspecified atom stereocenters. The van der Waals surface area contributed by atoms with Crippen LogP contribution in [0.1, 0.15) is 41.1 Å². The summed E-state index contributed by atoms with van der Waals surface area (Å²) < 4.78 is 18.4. The number of benzene rings is 3. The van der Waals surface area contributed by atoms with Gasteiger partial charge >= 0.3 is 0 Å². The molecule has 2 aromatic heterocycles. The smallest absolute Gasteiger partial charge is 0.207 e. The lowest BCUT2D eigenvalue weighted by Gasteiger charge is -2.27. The van der Waals surface area contributed by atoms with E-state index in [1.165, 1.54) is 62.6 Å². The van der Waals surface area contributed by atoms with Crippen LogP contribution in [-0.2, 0) is 6.42 Å². The van der Waals surface area contributed by atoms with Gasteiger partial charge < -0.3 is 0 Å². The number of nitrogens with zero attached hydrogens (tertiary/aromatic N) is 2. The molecule has 4 heterocycles. The van der Waals surface area contributed by atoms with Crippen LogP contribution in [0, 0.1) is 19.7 Å². The van der Waals surface area contributed by atoms with Gasteiger partial charge in [-0.25, -0.2) is 4.39 Å². The quantitative estimate of drug-likeness (QED) is 0.214. The molecule has 2 aliphatic rings. The molecule has 7 rings (SSSR count). The predicted octanol–water partition coefficient (Wildman–Crippen LogP) is 7.77. The highest BCUT2D eigenvalue weighted by atomic mass is 19.1. The van der Waals surface area contributed by atoms with E-state index < -0.39 is 0 Å². The molecular weight excluding hydrogens is 479 g/mol. The van der Waals surface area contributed by atoms with Crippen LogP contribution < -0.4 is 9.13 Å². The summed E-state index contributed by atoms with van der Waals surface area (Å²) in [7, 11) is 0. The Morgan fingerprint density at radius 1 is 0.769 bits per heavy atom. The topological polar surface area (TPSA) is 7.76 Å². The highest BCUT2D eigenvalue weighted by Gasteiger charge is 2.39. The summed E-state index contributed by atoms with van der Waals surface area (Å²) in [6, 6.07) is 31.2. The Bertz CT molecular complexity index is 1780. The molecule has 2 atom stereocenters. The molecule has 39 heavy (non-hydrogen) atoms. The molecule has 5 aromatic rings. The molecule has 0 N–H and O–H groups in total. The summed E-state index contributed by atoms with van der Waals surface area (Å²) in [4.78, 5) is 0. The van der Waals surface area contributed by atoms with Crippen LogP contribution in [0.5, 0.6) is 0 Å². The lowest BCUT2D eigenvalue weighted by atomic mass is 9.82. The minimum Gasteiger partial charge on any atom is -0.207 e. The van der Waals surface area contributed by atoms with E-state index in [0.29, 0.717) is 5.92 Å². The van der Waals surface area contributed by atoms with E-state index in [-0.39, 0.29) is 11.9 Å². The van der Waals surface area contributed by atoms with Crippen molar-refractivity contribution in [2.24, 2.45) is 0 Å². The van der Waals surface area contributed by atoms with Gasteiger partial charge in [-0.15, -0.1) is 0 Å². The van der Waals surface area contributed by atoms with Gasteiger partial charge in [0.15, 0.2) is 24.1 Å². The van der Waals surface area contributed by atoms with Gasteiger partial charge in [-0.3, -0.25) is 0 Å². The van der Waals surface area contributed by atoms with Crippen molar-refractivity contribution >= 4 is 5.70 Å². The maximum Gasteiger partial charge on any atom is 0.219 e. The predicted molar refractivity (Wildman–Crippen MR) is 154 cm³/mol. The van der Waals surface area contributed by atoms with E-state index >= 15 is 0 Å². The van der Waals surface area contributed by atoms with E-state index in [9.17, 15) is 4.39 Å². The third kappa shape index (κ3) is 3.92. The number of aromatic nitrogens is 2. The largest absolute Gasteiger partial charge is 0.219 e.